The van der Waals surface area contributed by atoms with E-state index in [2.05, 4.69) is 37.4 Å². The molecule has 3 nitrogen and oxygen atoms in total. The highest BCUT2D eigenvalue weighted by Gasteiger charge is 2.19. The zero-order valence-corrected chi connectivity index (χ0v) is 12.0. The summed E-state index contributed by atoms with van der Waals surface area (Å²) in [6.45, 7) is 4.76. The molecule has 19 heavy (non-hydrogen) atoms. The van der Waals surface area contributed by atoms with Crippen LogP contribution in [0.25, 0.3) is 0 Å². The predicted octanol–water partition coefficient (Wildman–Crippen LogP) is 3.35. The number of ether oxygens (including phenoxy) is 1. The minimum atomic E-state index is 0.0757. The van der Waals surface area contributed by atoms with Gasteiger partial charge in [0.1, 0.15) is 18.1 Å². The van der Waals surface area contributed by atoms with Gasteiger partial charge in [0.05, 0.1) is 6.04 Å². The van der Waals surface area contributed by atoms with Gasteiger partial charge in [0.25, 0.3) is 0 Å². The van der Waals surface area contributed by atoms with Crippen LogP contribution in [0.3, 0.4) is 0 Å². The third-order valence-corrected chi connectivity index (χ3v) is 3.37. The molecule has 1 heterocycles. The number of aryl methyl sites for hydroxylation is 2. The lowest BCUT2D eigenvalue weighted by Crippen LogP contribution is -2.19. The van der Waals surface area contributed by atoms with E-state index in [1.165, 1.54) is 16.7 Å². The molecule has 1 aromatic heterocycles. The fourth-order valence-electron chi connectivity index (χ4n) is 2.48. The Hall–Kier alpha value is -1.58. The summed E-state index contributed by atoms with van der Waals surface area (Å²) in [5.74, 6) is 1.77. The van der Waals surface area contributed by atoms with E-state index in [-0.39, 0.29) is 6.04 Å². The van der Waals surface area contributed by atoms with E-state index >= 15 is 0 Å². The van der Waals surface area contributed by atoms with Gasteiger partial charge in [-0.3, -0.25) is 0 Å². The quantitative estimate of drug-likeness (QED) is 0.894. The highest BCUT2D eigenvalue weighted by Crippen LogP contribution is 2.28. The van der Waals surface area contributed by atoms with Crippen molar-refractivity contribution in [2.75, 3.05) is 14.2 Å². The molecular formula is C16H21NO2. The topological polar surface area (TPSA) is 34.4 Å². The number of methoxy groups -OCH3 is 1. The predicted molar refractivity (Wildman–Crippen MR) is 76.2 cm³/mol. The van der Waals surface area contributed by atoms with Crippen LogP contribution in [0.15, 0.2) is 34.7 Å². The van der Waals surface area contributed by atoms with Gasteiger partial charge in [-0.2, -0.15) is 0 Å². The van der Waals surface area contributed by atoms with E-state index in [9.17, 15) is 0 Å². The molecule has 0 saturated heterocycles. The number of hydrogen-bond donors (Lipinski definition) is 1. The second-order valence-corrected chi connectivity index (χ2v) is 4.76. The van der Waals surface area contributed by atoms with Crippen molar-refractivity contribution < 1.29 is 9.15 Å². The summed E-state index contributed by atoms with van der Waals surface area (Å²) in [5, 5.41) is 3.34. The van der Waals surface area contributed by atoms with Crippen molar-refractivity contribution in [3.05, 3.63) is 58.5 Å². The maximum Gasteiger partial charge on any atom is 0.129 e. The summed E-state index contributed by atoms with van der Waals surface area (Å²) < 4.78 is 10.9. The van der Waals surface area contributed by atoms with Crippen molar-refractivity contribution in [1.82, 2.24) is 5.32 Å². The molecule has 0 aliphatic carbocycles. The highest BCUT2D eigenvalue weighted by atomic mass is 16.5. The lowest BCUT2D eigenvalue weighted by atomic mass is 9.95. The third kappa shape index (κ3) is 2.88. The summed E-state index contributed by atoms with van der Waals surface area (Å²) in [6, 6.07) is 10.4. The molecule has 0 saturated carbocycles. The molecule has 0 fully saturated rings. The van der Waals surface area contributed by atoms with E-state index < -0.39 is 0 Å². The largest absolute Gasteiger partial charge is 0.462 e. The fraction of sp³-hybridized carbons (Fsp3) is 0.375. The Bertz CT molecular complexity index is 525. The van der Waals surface area contributed by atoms with Crippen molar-refractivity contribution in [2.24, 2.45) is 0 Å². The van der Waals surface area contributed by atoms with Crippen molar-refractivity contribution in [1.29, 1.82) is 0 Å². The third-order valence-electron chi connectivity index (χ3n) is 3.37. The lowest BCUT2D eigenvalue weighted by Gasteiger charge is -2.19. The number of rotatable bonds is 5. The molecule has 0 bridgehead atoms. The first-order chi connectivity index (χ1) is 9.17. The van der Waals surface area contributed by atoms with Crippen molar-refractivity contribution in [3.63, 3.8) is 0 Å². The zero-order chi connectivity index (χ0) is 13.8. The van der Waals surface area contributed by atoms with Gasteiger partial charge in [0, 0.05) is 7.11 Å². The van der Waals surface area contributed by atoms with Crippen molar-refractivity contribution in [2.45, 2.75) is 26.5 Å². The molecule has 0 aliphatic rings. The molecular weight excluding hydrogens is 238 g/mol. The van der Waals surface area contributed by atoms with Gasteiger partial charge in [-0.15, -0.1) is 0 Å². The summed E-state index contributed by atoms with van der Waals surface area (Å²) in [7, 11) is 3.62. The monoisotopic (exact) mass is 259 g/mol. The van der Waals surface area contributed by atoms with E-state index in [1.54, 1.807) is 7.11 Å². The highest BCUT2D eigenvalue weighted by molar-refractivity contribution is 5.39. The van der Waals surface area contributed by atoms with E-state index in [1.807, 2.05) is 19.2 Å². The number of hydrogen-bond acceptors (Lipinski definition) is 3. The molecule has 1 aromatic carbocycles. The smallest absolute Gasteiger partial charge is 0.129 e. The SMILES string of the molecule is CNC(c1ccc(COC)o1)c1c(C)cccc1C. The Morgan fingerprint density at radius 1 is 1.16 bits per heavy atom. The Labute approximate surface area is 114 Å². The first kappa shape index (κ1) is 13.8. The molecule has 3 heteroatoms. The average Bonchev–Trinajstić information content (AvgIpc) is 2.83. The Morgan fingerprint density at radius 3 is 2.42 bits per heavy atom. The van der Waals surface area contributed by atoms with Crippen LogP contribution in [0.5, 0.6) is 0 Å². The van der Waals surface area contributed by atoms with Crippen LogP contribution < -0.4 is 5.32 Å². The van der Waals surface area contributed by atoms with Crippen LogP contribution in [0.2, 0.25) is 0 Å². The first-order valence-corrected chi connectivity index (χ1v) is 6.48. The van der Waals surface area contributed by atoms with Crippen molar-refractivity contribution in [3.8, 4) is 0 Å². The van der Waals surface area contributed by atoms with Gasteiger partial charge in [-0.05, 0) is 49.7 Å². The molecule has 102 valence electrons. The van der Waals surface area contributed by atoms with Crippen LogP contribution in [0.1, 0.15) is 34.3 Å². The second kappa shape index (κ2) is 6.04. The van der Waals surface area contributed by atoms with E-state index in [4.69, 9.17) is 9.15 Å². The first-order valence-electron chi connectivity index (χ1n) is 6.48. The normalized spacial score (nSPS) is 12.6. The van der Waals surface area contributed by atoms with Gasteiger partial charge in [-0.25, -0.2) is 0 Å². The van der Waals surface area contributed by atoms with Gasteiger partial charge in [0.15, 0.2) is 0 Å². The van der Waals surface area contributed by atoms with Gasteiger partial charge in [-0.1, -0.05) is 18.2 Å². The fourth-order valence-corrected chi connectivity index (χ4v) is 2.48. The van der Waals surface area contributed by atoms with Crippen LogP contribution >= 0.6 is 0 Å². The minimum Gasteiger partial charge on any atom is -0.462 e. The molecule has 0 spiro atoms. The summed E-state index contributed by atoms with van der Waals surface area (Å²) in [6.07, 6.45) is 0. The van der Waals surface area contributed by atoms with Crippen molar-refractivity contribution >= 4 is 0 Å². The van der Waals surface area contributed by atoms with Crippen LogP contribution in [0.4, 0.5) is 0 Å². The Morgan fingerprint density at radius 2 is 1.84 bits per heavy atom. The molecule has 1 unspecified atom stereocenters. The zero-order valence-electron chi connectivity index (χ0n) is 12.0. The van der Waals surface area contributed by atoms with Crippen LogP contribution in [-0.4, -0.2) is 14.2 Å². The molecule has 1 N–H and O–H groups in total. The number of furan rings is 1. The minimum absolute atomic E-state index is 0.0757. The van der Waals surface area contributed by atoms with Gasteiger partial charge in [0.2, 0.25) is 0 Å². The van der Waals surface area contributed by atoms with Crippen LogP contribution in [0, 0.1) is 13.8 Å². The number of nitrogens with one attached hydrogen (secondary N) is 1. The maximum absolute atomic E-state index is 5.85. The average molecular weight is 259 g/mol. The Kier molecular flexibility index (Phi) is 4.40. The molecule has 2 rings (SSSR count). The maximum atomic E-state index is 5.85. The second-order valence-electron chi connectivity index (χ2n) is 4.76. The summed E-state index contributed by atoms with van der Waals surface area (Å²) in [5.41, 5.74) is 3.82. The number of benzene rings is 1. The summed E-state index contributed by atoms with van der Waals surface area (Å²) in [4.78, 5) is 0. The Balaban J connectivity index is 2.38. The molecule has 1 atom stereocenters. The lowest BCUT2D eigenvalue weighted by molar-refractivity contribution is 0.162. The molecule has 0 aliphatic heterocycles. The van der Waals surface area contributed by atoms with E-state index in [0.717, 1.165) is 11.5 Å². The molecule has 0 amide bonds. The van der Waals surface area contributed by atoms with Crippen LogP contribution in [-0.2, 0) is 11.3 Å². The molecule has 2 aromatic rings. The van der Waals surface area contributed by atoms with E-state index in [0.29, 0.717) is 6.61 Å². The van der Waals surface area contributed by atoms with Gasteiger partial charge < -0.3 is 14.5 Å². The molecule has 0 radical (unpaired) electrons. The van der Waals surface area contributed by atoms with Gasteiger partial charge >= 0.3 is 0 Å². The summed E-state index contributed by atoms with van der Waals surface area (Å²) >= 11 is 0. The standard InChI is InChI=1S/C16H21NO2/c1-11-6-5-7-12(2)15(11)16(17-3)14-9-8-13(19-14)10-18-4/h5-9,16-17H,10H2,1-4H3.